The Labute approximate surface area is 117 Å². The van der Waals surface area contributed by atoms with E-state index in [-0.39, 0.29) is 18.0 Å². The Hall–Kier alpha value is -1.56. The molecule has 1 saturated heterocycles. The summed E-state index contributed by atoms with van der Waals surface area (Å²) in [4.78, 5) is 26.1. The van der Waals surface area contributed by atoms with Crippen molar-refractivity contribution < 1.29 is 9.59 Å². The van der Waals surface area contributed by atoms with Crippen LogP contribution in [0, 0.1) is 0 Å². The van der Waals surface area contributed by atoms with Crippen LogP contribution in [0.2, 0.25) is 0 Å². The second kappa shape index (κ2) is 6.56. The topological polar surface area (TPSA) is 61.4 Å². The Morgan fingerprint density at radius 1 is 1.42 bits per heavy atom. The van der Waals surface area contributed by atoms with Gasteiger partial charge in [0.05, 0.1) is 4.88 Å². The van der Waals surface area contributed by atoms with Gasteiger partial charge >= 0.3 is 6.03 Å². The zero-order valence-corrected chi connectivity index (χ0v) is 11.8. The minimum absolute atomic E-state index is 0.00791. The number of carbonyl (C=O) groups excluding carboxylic acids is 2. The molecule has 1 aromatic heterocycles. The lowest BCUT2D eigenvalue weighted by molar-refractivity contribution is 0.0922. The summed E-state index contributed by atoms with van der Waals surface area (Å²) in [6.07, 6.45) is 1.63. The third-order valence-corrected chi connectivity index (χ3v) is 4.06. The van der Waals surface area contributed by atoms with Crippen molar-refractivity contribution in [3.05, 3.63) is 22.4 Å². The predicted octanol–water partition coefficient (Wildman–Crippen LogP) is 1.67. The lowest BCUT2D eigenvalue weighted by Gasteiger charge is -2.32. The number of hydrogen-bond donors (Lipinski definition) is 2. The fraction of sp³-hybridized carbons (Fsp3) is 0.538. The van der Waals surface area contributed by atoms with Gasteiger partial charge in [-0.1, -0.05) is 6.07 Å². The molecule has 0 radical (unpaired) electrons. The molecule has 0 aliphatic carbocycles. The second-order valence-electron chi connectivity index (χ2n) is 4.55. The van der Waals surface area contributed by atoms with E-state index in [1.54, 1.807) is 4.90 Å². The molecule has 2 N–H and O–H groups in total. The first-order valence-electron chi connectivity index (χ1n) is 6.58. The van der Waals surface area contributed by atoms with Gasteiger partial charge in [0.15, 0.2) is 0 Å². The van der Waals surface area contributed by atoms with Crippen molar-refractivity contribution in [3.8, 4) is 0 Å². The van der Waals surface area contributed by atoms with E-state index in [9.17, 15) is 9.59 Å². The van der Waals surface area contributed by atoms with Crippen LogP contribution in [0.1, 0.15) is 29.4 Å². The van der Waals surface area contributed by atoms with Gasteiger partial charge in [-0.2, -0.15) is 0 Å². The number of hydrogen-bond acceptors (Lipinski definition) is 3. The number of likely N-dealkylation sites (tertiary alicyclic amines) is 1. The van der Waals surface area contributed by atoms with Gasteiger partial charge < -0.3 is 15.5 Å². The Morgan fingerprint density at radius 2 is 2.16 bits per heavy atom. The van der Waals surface area contributed by atoms with Crippen LogP contribution in [0.4, 0.5) is 4.79 Å². The van der Waals surface area contributed by atoms with Gasteiger partial charge in [0.1, 0.15) is 0 Å². The third-order valence-electron chi connectivity index (χ3n) is 3.19. The number of amides is 3. The van der Waals surface area contributed by atoms with Gasteiger partial charge in [-0.25, -0.2) is 4.79 Å². The molecule has 0 bridgehead atoms. The number of piperidine rings is 1. The standard InChI is InChI=1S/C13H19N3O2S/c1-2-14-13(18)16-7-5-10(6-8-16)15-12(17)11-4-3-9-19-11/h3-4,9-10H,2,5-8H2,1H3,(H,14,18)(H,15,17). The summed E-state index contributed by atoms with van der Waals surface area (Å²) in [6, 6.07) is 3.85. The van der Waals surface area contributed by atoms with Crippen molar-refractivity contribution in [1.82, 2.24) is 15.5 Å². The Balaban J connectivity index is 1.77. The smallest absolute Gasteiger partial charge is 0.317 e. The summed E-state index contributed by atoms with van der Waals surface area (Å²) in [7, 11) is 0. The normalized spacial score (nSPS) is 16.2. The molecule has 1 aliphatic rings. The SMILES string of the molecule is CCNC(=O)N1CCC(NC(=O)c2cccs2)CC1. The van der Waals surface area contributed by atoms with E-state index in [0.29, 0.717) is 19.6 Å². The van der Waals surface area contributed by atoms with Crippen LogP contribution >= 0.6 is 11.3 Å². The first kappa shape index (κ1) is 13.9. The largest absolute Gasteiger partial charge is 0.348 e. The first-order chi connectivity index (χ1) is 9.20. The minimum atomic E-state index is -0.00877. The van der Waals surface area contributed by atoms with E-state index in [2.05, 4.69) is 10.6 Å². The van der Waals surface area contributed by atoms with Crippen LogP contribution in [-0.2, 0) is 0 Å². The summed E-state index contributed by atoms with van der Waals surface area (Å²) in [6.45, 7) is 3.95. The molecule has 2 heterocycles. The van der Waals surface area contributed by atoms with E-state index >= 15 is 0 Å². The lowest BCUT2D eigenvalue weighted by atomic mass is 10.1. The fourth-order valence-electron chi connectivity index (χ4n) is 2.15. The molecule has 19 heavy (non-hydrogen) atoms. The minimum Gasteiger partial charge on any atom is -0.348 e. The summed E-state index contributed by atoms with van der Waals surface area (Å²) >= 11 is 1.45. The zero-order valence-electron chi connectivity index (χ0n) is 11.0. The number of urea groups is 1. The van der Waals surface area contributed by atoms with Crippen LogP contribution in [0.25, 0.3) is 0 Å². The van der Waals surface area contributed by atoms with E-state index in [4.69, 9.17) is 0 Å². The van der Waals surface area contributed by atoms with Crippen molar-refractivity contribution in [1.29, 1.82) is 0 Å². The predicted molar refractivity (Wildman–Crippen MR) is 75.5 cm³/mol. The van der Waals surface area contributed by atoms with Gasteiger partial charge in [0, 0.05) is 25.7 Å². The van der Waals surface area contributed by atoms with E-state index in [0.717, 1.165) is 17.7 Å². The summed E-state index contributed by atoms with van der Waals surface area (Å²) in [5.41, 5.74) is 0. The molecule has 0 saturated carbocycles. The van der Waals surface area contributed by atoms with Crippen molar-refractivity contribution >= 4 is 23.3 Å². The molecule has 0 atom stereocenters. The highest BCUT2D eigenvalue weighted by molar-refractivity contribution is 7.12. The maximum absolute atomic E-state index is 11.9. The summed E-state index contributed by atoms with van der Waals surface area (Å²) in [5.74, 6) is -0.00791. The van der Waals surface area contributed by atoms with E-state index < -0.39 is 0 Å². The van der Waals surface area contributed by atoms with Crippen molar-refractivity contribution in [2.75, 3.05) is 19.6 Å². The van der Waals surface area contributed by atoms with Crippen LogP contribution in [0.5, 0.6) is 0 Å². The molecule has 1 fully saturated rings. The molecule has 6 heteroatoms. The lowest BCUT2D eigenvalue weighted by Crippen LogP contribution is -2.49. The van der Waals surface area contributed by atoms with Gasteiger partial charge in [0.25, 0.3) is 5.91 Å². The molecule has 0 spiro atoms. The summed E-state index contributed by atoms with van der Waals surface area (Å²) in [5, 5.41) is 7.72. The van der Waals surface area contributed by atoms with Gasteiger partial charge in [-0.05, 0) is 31.2 Å². The number of nitrogens with zero attached hydrogens (tertiary/aromatic N) is 1. The Bertz CT molecular complexity index is 425. The quantitative estimate of drug-likeness (QED) is 0.885. The average molecular weight is 281 g/mol. The van der Waals surface area contributed by atoms with Crippen molar-refractivity contribution in [3.63, 3.8) is 0 Å². The van der Waals surface area contributed by atoms with Gasteiger partial charge in [-0.3, -0.25) is 4.79 Å². The second-order valence-corrected chi connectivity index (χ2v) is 5.50. The Kier molecular flexibility index (Phi) is 4.79. The number of thiophene rings is 1. The maximum Gasteiger partial charge on any atom is 0.317 e. The zero-order chi connectivity index (χ0) is 13.7. The van der Waals surface area contributed by atoms with Crippen LogP contribution < -0.4 is 10.6 Å². The monoisotopic (exact) mass is 281 g/mol. The molecule has 0 aromatic carbocycles. The van der Waals surface area contributed by atoms with Crippen molar-refractivity contribution in [2.45, 2.75) is 25.8 Å². The first-order valence-corrected chi connectivity index (χ1v) is 7.45. The van der Waals surface area contributed by atoms with Crippen molar-refractivity contribution in [2.24, 2.45) is 0 Å². The average Bonchev–Trinajstić information content (AvgIpc) is 2.94. The highest BCUT2D eigenvalue weighted by atomic mass is 32.1. The number of nitrogens with one attached hydrogen (secondary N) is 2. The number of rotatable bonds is 3. The van der Waals surface area contributed by atoms with Gasteiger partial charge in [-0.15, -0.1) is 11.3 Å². The van der Waals surface area contributed by atoms with E-state index in [1.807, 2.05) is 24.4 Å². The molecule has 1 aromatic rings. The molecule has 1 aliphatic heterocycles. The highest BCUT2D eigenvalue weighted by Gasteiger charge is 2.23. The van der Waals surface area contributed by atoms with Crippen LogP contribution in [0.3, 0.4) is 0 Å². The molecule has 3 amide bonds. The highest BCUT2D eigenvalue weighted by Crippen LogP contribution is 2.13. The van der Waals surface area contributed by atoms with E-state index in [1.165, 1.54) is 11.3 Å². The van der Waals surface area contributed by atoms with Crippen LogP contribution in [-0.4, -0.2) is 42.5 Å². The van der Waals surface area contributed by atoms with Crippen LogP contribution in [0.15, 0.2) is 17.5 Å². The number of carbonyl (C=O) groups is 2. The molecular formula is C13H19N3O2S. The molecule has 2 rings (SSSR count). The van der Waals surface area contributed by atoms with Gasteiger partial charge in [0.2, 0.25) is 0 Å². The maximum atomic E-state index is 11.9. The summed E-state index contributed by atoms with van der Waals surface area (Å²) < 4.78 is 0. The Morgan fingerprint density at radius 3 is 2.74 bits per heavy atom. The third kappa shape index (κ3) is 3.70. The molecule has 0 unspecified atom stereocenters. The molecule has 104 valence electrons. The molecular weight excluding hydrogens is 262 g/mol. The molecule has 5 nitrogen and oxygen atoms in total. The fourth-order valence-corrected chi connectivity index (χ4v) is 2.78.